The van der Waals surface area contributed by atoms with Crippen LogP contribution in [0.3, 0.4) is 0 Å². The van der Waals surface area contributed by atoms with Crippen LogP contribution >= 0.6 is 15.9 Å². The van der Waals surface area contributed by atoms with Crippen LogP contribution in [0.2, 0.25) is 0 Å². The van der Waals surface area contributed by atoms with Gasteiger partial charge in [-0.2, -0.15) is 0 Å². The molecular weight excluding hydrogens is 468 g/mol. The zero-order valence-corrected chi connectivity index (χ0v) is 19.0. The predicted molar refractivity (Wildman–Crippen MR) is 117 cm³/mol. The molecule has 1 saturated heterocycles. The summed E-state index contributed by atoms with van der Waals surface area (Å²) in [6.07, 6.45) is 3.47. The van der Waals surface area contributed by atoms with E-state index in [4.69, 9.17) is 0 Å². The maximum Gasteiger partial charge on any atom is 0.262 e. The van der Waals surface area contributed by atoms with Gasteiger partial charge in [0.05, 0.1) is 23.3 Å². The Morgan fingerprint density at radius 1 is 1.03 bits per heavy atom. The number of carbonyl (C=O) groups is 2. The third kappa shape index (κ3) is 4.03. The van der Waals surface area contributed by atoms with Crippen molar-refractivity contribution < 1.29 is 18.0 Å². The lowest BCUT2D eigenvalue weighted by molar-refractivity contribution is -0.140. The highest BCUT2D eigenvalue weighted by atomic mass is 79.9. The van der Waals surface area contributed by atoms with Crippen LogP contribution in [0.5, 0.6) is 0 Å². The van der Waals surface area contributed by atoms with E-state index in [0.29, 0.717) is 16.8 Å². The average Bonchev–Trinajstić information content (AvgIpc) is 2.94. The first-order chi connectivity index (χ1) is 14.3. The van der Waals surface area contributed by atoms with Crippen molar-refractivity contribution in [2.75, 3.05) is 4.72 Å². The number of fused-ring (bicyclic) bond motifs is 1. The molecule has 2 atom stereocenters. The number of nitrogens with zero attached hydrogens (tertiary/aromatic N) is 1. The molecule has 1 heterocycles. The first-order valence-corrected chi connectivity index (χ1v) is 12.3. The summed E-state index contributed by atoms with van der Waals surface area (Å²) < 4.78 is 29.3. The first-order valence-electron chi connectivity index (χ1n) is 9.99. The van der Waals surface area contributed by atoms with Gasteiger partial charge in [-0.25, -0.2) is 8.42 Å². The molecule has 2 aliphatic rings. The Kier molecular flexibility index (Phi) is 5.72. The van der Waals surface area contributed by atoms with E-state index in [1.54, 1.807) is 43.3 Å². The van der Waals surface area contributed by atoms with Gasteiger partial charge in [0.2, 0.25) is 11.8 Å². The molecule has 158 valence electrons. The highest BCUT2D eigenvalue weighted by Crippen LogP contribution is 2.38. The molecule has 2 amide bonds. The van der Waals surface area contributed by atoms with Gasteiger partial charge < -0.3 is 0 Å². The van der Waals surface area contributed by atoms with Gasteiger partial charge in [0.25, 0.3) is 10.0 Å². The van der Waals surface area contributed by atoms with E-state index in [1.165, 1.54) is 4.90 Å². The SMILES string of the molecule is Cc1ccc(CN2C(=O)[C@H]3CCCC[C@@H]3C2=O)cc1S(=O)(=O)Nc1cccc(Br)c1. The monoisotopic (exact) mass is 490 g/mol. The molecule has 2 aromatic carbocycles. The van der Waals surface area contributed by atoms with Crippen LogP contribution in [0.25, 0.3) is 0 Å². The first kappa shape index (κ1) is 21.1. The number of halogens is 1. The fraction of sp³-hybridized carbons (Fsp3) is 0.364. The van der Waals surface area contributed by atoms with Crippen molar-refractivity contribution in [3.8, 4) is 0 Å². The molecule has 1 aliphatic heterocycles. The lowest BCUT2D eigenvalue weighted by Gasteiger charge is -2.19. The van der Waals surface area contributed by atoms with E-state index in [9.17, 15) is 18.0 Å². The summed E-state index contributed by atoms with van der Waals surface area (Å²) in [5.41, 5.74) is 1.66. The molecule has 1 saturated carbocycles. The Morgan fingerprint density at radius 2 is 1.70 bits per heavy atom. The Labute approximate surface area is 184 Å². The highest BCUT2D eigenvalue weighted by molar-refractivity contribution is 9.10. The lowest BCUT2D eigenvalue weighted by Crippen LogP contribution is -2.30. The van der Waals surface area contributed by atoms with Crippen molar-refractivity contribution in [2.24, 2.45) is 11.8 Å². The summed E-state index contributed by atoms with van der Waals surface area (Å²) in [5, 5.41) is 0. The van der Waals surface area contributed by atoms with E-state index in [-0.39, 0.29) is 35.1 Å². The zero-order valence-electron chi connectivity index (χ0n) is 16.6. The molecule has 30 heavy (non-hydrogen) atoms. The summed E-state index contributed by atoms with van der Waals surface area (Å²) >= 11 is 3.33. The number of hydrogen-bond acceptors (Lipinski definition) is 4. The van der Waals surface area contributed by atoms with Gasteiger partial charge in [0.1, 0.15) is 0 Å². The second-order valence-corrected chi connectivity index (χ2v) is 10.5. The van der Waals surface area contributed by atoms with Crippen molar-refractivity contribution >= 4 is 43.5 Å². The number of hydrogen-bond donors (Lipinski definition) is 1. The quantitative estimate of drug-likeness (QED) is 0.635. The number of nitrogens with one attached hydrogen (secondary N) is 1. The molecule has 0 radical (unpaired) electrons. The summed E-state index contributed by atoms with van der Waals surface area (Å²) in [5.74, 6) is -0.667. The molecule has 2 fully saturated rings. The minimum Gasteiger partial charge on any atom is -0.280 e. The molecule has 1 N–H and O–H groups in total. The predicted octanol–water partition coefficient (Wildman–Crippen LogP) is 4.23. The molecule has 0 spiro atoms. The fourth-order valence-corrected chi connectivity index (χ4v) is 6.11. The van der Waals surface area contributed by atoms with Crippen LogP contribution in [0, 0.1) is 18.8 Å². The van der Waals surface area contributed by atoms with Gasteiger partial charge in [-0.05, 0) is 55.2 Å². The summed E-state index contributed by atoms with van der Waals surface area (Å²) in [4.78, 5) is 26.9. The van der Waals surface area contributed by atoms with Crippen LogP contribution in [-0.2, 0) is 26.2 Å². The third-order valence-corrected chi connectivity index (χ3v) is 7.91. The topological polar surface area (TPSA) is 83.6 Å². The Morgan fingerprint density at radius 3 is 2.33 bits per heavy atom. The average molecular weight is 491 g/mol. The minimum atomic E-state index is -3.82. The van der Waals surface area contributed by atoms with Gasteiger partial charge in [-0.3, -0.25) is 19.2 Å². The number of amides is 2. The van der Waals surface area contributed by atoms with E-state index in [1.807, 2.05) is 6.07 Å². The third-order valence-electron chi connectivity index (χ3n) is 5.89. The normalized spacial score (nSPS) is 21.6. The summed E-state index contributed by atoms with van der Waals surface area (Å²) in [6, 6.07) is 11.9. The number of benzene rings is 2. The van der Waals surface area contributed by atoms with E-state index in [2.05, 4.69) is 20.7 Å². The number of rotatable bonds is 5. The molecular formula is C22H23BrN2O4S. The molecule has 8 heteroatoms. The molecule has 6 nitrogen and oxygen atoms in total. The number of imide groups is 1. The van der Waals surface area contributed by atoms with Crippen molar-refractivity contribution in [3.63, 3.8) is 0 Å². The van der Waals surface area contributed by atoms with E-state index < -0.39 is 10.0 Å². The van der Waals surface area contributed by atoms with Gasteiger partial charge in [-0.1, -0.05) is 47.0 Å². The molecule has 0 unspecified atom stereocenters. The van der Waals surface area contributed by atoms with Gasteiger partial charge >= 0.3 is 0 Å². The number of likely N-dealkylation sites (tertiary alicyclic amines) is 1. The minimum absolute atomic E-state index is 0.102. The number of carbonyl (C=O) groups excluding carboxylic acids is 2. The summed E-state index contributed by atoms with van der Waals surface area (Å²) in [6.45, 7) is 1.82. The molecule has 1 aliphatic carbocycles. The number of sulfonamides is 1. The smallest absolute Gasteiger partial charge is 0.262 e. The largest absolute Gasteiger partial charge is 0.280 e. The fourth-order valence-electron chi connectivity index (χ4n) is 4.36. The molecule has 4 rings (SSSR count). The van der Waals surface area contributed by atoms with Crippen LogP contribution < -0.4 is 4.72 Å². The molecule has 2 aromatic rings. The Hall–Kier alpha value is -2.19. The van der Waals surface area contributed by atoms with Crippen LogP contribution in [-0.4, -0.2) is 25.1 Å². The second-order valence-electron chi connectivity index (χ2n) is 7.98. The maximum atomic E-state index is 13.0. The van der Waals surface area contributed by atoms with Crippen molar-refractivity contribution in [2.45, 2.75) is 44.0 Å². The van der Waals surface area contributed by atoms with E-state index >= 15 is 0 Å². The van der Waals surface area contributed by atoms with Crippen molar-refractivity contribution in [1.82, 2.24) is 4.90 Å². The van der Waals surface area contributed by atoms with Crippen molar-refractivity contribution in [1.29, 1.82) is 0 Å². The summed E-state index contributed by atoms with van der Waals surface area (Å²) in [7, 11) is -3.82. The van der Waals surface area contributed by atoms with E-state index in [0.717, 1.165) is 30.2 Å². The zero-order chi connectivity index (χ0) is 21.5. The lowest BCUT2D eigenvalue weighted by atomic mass is 9.81. The maximum absolute atomic E-state index is 13.0. The highest BCUT2D eigenvalue weighted by Gasteiger charge is 2.47. The second kappa shape index (κ2) is 8.15. The van der Waals surface area contributed by atoms with Gasteiger partial charge in [0, 0.05) is 10.2 Å². The standard InChI is InChI=1S/C22H23BrN2O4S/c1-14-9-10-15(13-25-21(26)18-7-2-3-8-19(18)22(25)27)11-20(14)30(28,29)24-17-6-4-5-16(23)12-17/h4-6,9-12,18-19,24H,2-3,7-8,13H2,1H3/t18-,19-/m0/s1. The van der Waals surface area contributed by atoms with Gasteiger partial charge in [0.15, 0.2) is 0 Å². The van der Waals surface area contributed by atoms with Gasteiger partial charge in [-0.15, -0.1) is 0 Å². The number of aryl methyl sites for hydroxylation is 1. The molecule has 0 aromatic heterocycles. The Bertz CT molecular complexity index is 1090. The Balaban J connectivity index is 1.59. The van der Waals surface area contributed by atoms with Crippen molar-refractivity contribution in [3.05, 3.63) is 58.1 Å². The number of anilines is 1. The van der Waals surface area contributed by atoms with Crippen LogP contribution in [0.4, 0.5) is 5.69 Å². The van der Waals surface area contributed by atoms with Crippen LogP contribution in [0.15, 0.2) is 51.8 Å². The molecule has 0 bridgehead atoms. The van der Waals surface area contributed by atoms with Crippen LogP contribution in [0.1, 0.15) is 36.8 Å².